The van der Waals surface area contributed by atoms with Crippen LogP contribution in [-0.4, -0.2) is 11.9 Å². The number of nitrogens with one attached hydrogen (secondary N) is 3. The summed E-state index contributed by atoms with van der Waals surface area (Å²) in [4.78, 5) is 12.3. The maximum absolute atomic E-state index is 13.1. The van der Waals surface area contributed by atoms with E-state index < -0.39 is 5.82 Å². The first-order valence-corrected chi connectivity index (χ1v) is 8.26. The first-order chi connectivity index (χ1) is 11.5. The molecule has 1 saturated heterocycles. The molecule has 0 radical (unpaired) electrons. The van der Waals surface area contributed by atoms with Crippen molar-refractivity contribution in [3.63, 3.8) is 0 Å². The Kier molecular flexibility index (Phi) is 5.36. The second kappa shape index (κ2) is 7.49. The molecule has 126 valence electrons. The van der Waals surface area contributed by atoms with Crippen LogP contribution < -0.4 is 16.2 Å². The fraction of sp³-hybridized carbons (Fsp3) is 0.235. The van der Waals surface area contributed by atoms with Gasteiger partial charge in [-0.05, 0) is 41.8 Å². The third-order valence-corrected chi connectivity index (χ3v) is 4.45. The third-order valence-electron chi connectivity index (χ3n) is 3.92. The minimum Gasteiger partial charge on any atom is -0.351 e. The van der Waals surface area contributed by atoms with E-state index >= 15 is 0 Å². The lowest BCUT2D eigenvalue weighted by Gasteiger charge is -2.11. The number of amides is 1. The average Bonchev–Trinajstić information content (AvgIpc) is 3.06. The molecule has 2 atom stereocenters. The van der Waals surface area contributed by atoms with Crippen LogP contribution in [0.25, 0.3) is 0 Å². The molecule has 4 nitrogen and oxygen atoms in total. The monoisotopic (exact) mass is 367 g/mol. The summed E-state index contributed by atoms with van der Waals surface area (Å²) in [5, 5.41) is 3.53. The largest absolute Gasteiger partial charge is 0.351 e. The van der Waals surface area contributed by atoms with Crippen molar-refractivity contribution < 1.29 is 9.18 Å². The highest BCUT2D eigenvalue weighted by atomic mass is 35.5. The number of rotatable bonds is 4. The van der Waals surface area contributed by atoms with Gasteiger partial charge in [-0.25, -0.2) is 15.2 Å². The lowest BCUT2D eigenvalue weighted by atomic mass is 10.0. The normalized spacial score (nSPS) is 20.1. The number of halogens is 3. The molecule has 2 unspecified atom stereocenters. The average molecular weight is 368 g/mol. The van der Waals surface area contributed by atoms with Crippen molar-refractivity contribution >= 4 is 29.1 Å². The highest BCUT2D eigenvalue weighted by Crippen LogP contribution is 2.24. The first-order valence-electron chi connectivity index (χ1n) is 7.51. The van der Waals surface area contributed by atoms with Crippen molar-refractivity contribution in [2.45, 2.75) is 25.0 Å². The molecule has 0 spiro atoms. The molecule has 1 aliphatic rings. The van der Waals surface area contributed by atoms with Crippen LogP contribution >= 0.6 is 23.2 Å². The molecular formula is C17H16Cl2FN3O. The van der Waals surface area contributed by atoms with E-state index in [4.69, 9.17) is 23.2 Å². The standard InChI is InChI=1S/C17H16Cl2FN3O/c18-12-3-1-2-11(7-12)15-8-16(23-22-15)17(24)21-9-10-4-5-14(20)13(19)6-10/h1-7,15-16,22-23H,8-9H2,(H,21,24). The van der Waals surface area contributed by atoms with Crippen LogP contribution in [0.5, 0.6) is 0 Å². The lowest BCUT2D eigenvalue weighted by Crippen LogP contribution is -2.42. The molecule has 0 aliphatic carbocycles. The van der Waals surface area contributed by atoms with E-state index in [0.29, 0.717) is 18.0 Å². The Balaban J connectivity index is 1.55. The summed E-state index contributed by atoms with van der Waals surface area (Å²) in [5.74, 6) is -0.606. The summed E-state index contributed by atoms with van der Waals surface area (Å²) in [7, 11) is 0. The van der Waals surface area contributed by atoms with E-state index in [2.05, 4.69) is 16.2 Å². The molecule has 0 aromatic heterocycles. The molecule has 2 aromatic rings. The van der Waals surface area contributed by atoms with Crippen LogP contribution in [0.1, 0.15) is 23.6 Å². The number of carbonyl (C=O) groups excluding carboxylic acids is 1. The number of hydrazine groups is 1. The minimum absolute atomic E-state index is 0.0136. The van der Waals surface area contributed by atoms with E-state index in [1.54, 1.807) is 6.07 Å². The molecule has 1 heterocycles. The molecule has 1 fully saturated rings. The van der Waals surface area contributed by atoms with Crippen molar-refractivity contribution in [2.75, 3.05) is 0 Å². The van der Waals surface area contributed by atoms with Gasteiger partial charge in [-0.2, -0.15) is 0 Å². The van der Waals surface area contributed by atoms with Gasteiger partial charge in [0, 0.05) is 17.6 Å². The molecule has 0 saturated carbocycles. The molecule has 3 N–H and O–H groups in total. The van der Waals surface area contributed by atoms with Crippen LogP contribution in [0.4, 0.5) is 4.39 Å². The Morgan fingerprint density at radius 3 is 2.79 bits per heavy atom. The number of carbonyl (C=O) groups is 1. The molecule has 24 heavy (non-hydrogen) atoms. The Hall–Kier alpha value is -1.66. The molecular weight excluding hydrogens is 352 g/mol. The van der Waals surface area contributed by atoms with Gasteiger partial charge in [0.15, 0.2) is 0 Å². The van der Waals surface area contributed by atoms with Crippen molar-refractivity contribution in [1.82, 2.24) is 16.2 Å². The summed E-state index contributed by atoms with van der Waals surface area (Å²) in [5.41, 5.74) is 7.86. The smallest absolute Gasteiger partial charge is 0.238 e. The fourth-order valence-corrected chi connectivity index (χ4v) is 3.03. The second-order valence-corrected chi connectivity index (χ2v) is 6.49. The predicted molar refractivity (Wildman–Crippen MR) is 92.1 cm³/mol. The maximum atomic E-state index is 13.1. The Bertz CT molecular complexity index is 756. The molecule has 3 rings (SSSR count). The Morgan fingerprint density at radius 2 is 2.04 bits per heavy atom. The van der Waals surface area contributed by atoms with Gasteiger partial charge in [0.05, 0.1) is 5.02 Å². The van der Waals surface area contributed by atoms with E-state index in [9.17, 15) is 9.18 Å². The van der Waals surface area contributed by atoms with E-state index in [-0.39, 0.29) is 23.0 Å². The molecule has 7 heteroatoms. The van der Waals surface area contributed by atoms with Crippen molar-refractivity contribution in [3.8, 4) is 0 Å². The zero-order valence-corrected chi connectivity index (χ0v) is 14.2. The van der Waals surface area contributed by atoms with Crippen LogP contribution in [0.15, 0.2) is 42.5 Å². The van der Waals surface area contributed by atoms with Crippen LogP contribution in [-0.2, 0) is 11.3 Å². The quantitative estimate of drug-likeness (QED) is 0.776. The van der Waals surface area contributed by atoms with Gasteiger partial charge in [0.2, 0.25) is 5.91 Å². The van der Waals surface area contributed by atoms with Crippen molar-refractivity contribution in [2.24, 2.45) is 0 Å². The maximum Gasteiger partial charge on any atom is 0.238 e. The summed E-state index contributed by atoms with van der Waals surface area (Å²) in [6.07, 6.45) is 0.607. The molecule has 0 bridgehead atoms. The van der Waals surface area contributed by atoms with Crippen LogP contribution in [0.2, 0.25) is 10.0 Å². The minimum atomic E-state index is -0.474. The van der Waals surface area contributed by atoms with Gasteiger partial charge in [0.25, 0.3) is 0 Å². The summed E-state index contributed by atoms with van der Waals surface area (Å²) in [6.45, 7) is 0.291. The lowest BCUT2D eigenvalue weighted by molar-refractivity contribution is -0.123. The molecule has 2 aromatic carbocycles. The van der Waals surface area contributed by atoms with Gasteiger partial charge in [0.1, 0.15) is 11.9 Å². The highest BCUT2D eigenvalue weighted by Gasteiger charge is 2.29. The van der Waals surface area contributed by atoms with Gasteiger partial charge >= 0.3 is 0 Å². The third kappa shape index (κ3) is 4.05. The second-order valence-electron chi connectivity index (χ2n) is 5.65. The summed E-state index contributed by atoms with van der Waals surface area (Å²) >= 11 is 11.7. The summed E-state index contributed by atoms with van der Waals surface area (Å²) < 4.78 is 13.1. The molecule has 1 amide bonds. The van der Waals surface area contributed by atoms with E-state index in [1.165, 1.54) is 12.1 Å². The number of hydrogen-bond acceptors (Lipinski definition) is 3. The van der Waals surface area contributed by atoms with Crippen molar-refractivity contribution in [1.29, 1.82) is 0 Å². The van der Waals surface area contributed by atoms with Crippen LogP contribution in [0, 0.1) is 5.82 Å². The SMILES string of the molecule is O=C(NCc1ccc(F)c(Cl)c1)C1CC(c2cccc(Cl)c2)NN1. The predicted octanol–water partition coefficient (Wildman–Crippen LogP) is 3.36. The van der Waals surface area contributed by atoms with E-state index in [0.717, 1.165) is 11.1 Å². The van der Waals surface area contributed by atoms with Gasteiger partial charge in [-0.15, -0.1) is 0 Å². The fourth-order valence-electron chi connectivity index (χ4n) is 2.63. The molecule has 1 aliphatic heterocycles. The van der Waals surface area contributed by atoms with Crippen molar-refractivity contribution in [3.05, 3.63) is 69.5 Å². The Morgan fingerprint density at radius 1 is 1.21 bits per heavy atom. The highest BCUT2D eigenvalue weighted by molar-refractivity contribution is 6.31. The number of benzene rings is 2. The van der Waals surface area contributed by atoms with Gasteiger partial charge < -0.3 is 5.32 Å². The summed E-state index contributed by atoms with van der Waals surface area (Å²) in [6, 6.07) is 11.6. The topological polar surface area (TPSA) is 53.2 Å². The van der Waals surface area contributed by atoms with Gasteiger partial charge in [-0.3, -0.25) is 4.79 Å². The first kappa shape index (κ1) is 17.2. The van der Waals surface area contributed by atoms with Crippen LogP contribution in [0.3, 0.4) is 0 Å². The zero-order valence-electron chi connectivity index (χ0n) is 12.7. The number of hydrogen-bond donors (Lipinski definition) is 3. The van der Waals surface area contributed by atoms with Gasteiger partial charge in [-0.1, -0.05) is 41.4 Å². The zero-order chi connectivity index (χ0) is 17.1. The van der Waals surface area contributed by atoms with E-state index in [1.807, 2.05) is 24.3 Å². The Labute approximate surface area is 149 Å².